The van der Waals surface area contributed by atoms with E-state index in [0.717, 1.165) is 58.8 Å². The van der Waals surface area contributed by atoms with Crippen molar-refractivity contribution in [2.45, 2.75) is 32.2 Å². The average Bonchev–Trinajstić information content (AvgIpc) is 2.39. The van der Waals surface area contributed by atoms with Crippen LogP contribution in [0, 0.1) is 5.92 Å². The third-order valence-corrected chi connectivity index (χ3v) is 4.07. The monoisotopic (exact) mass is 269 g/mol. The molecule has 0 bridgehead atoms. The molecule has 5 nitrogen and oxygen atoms in total. The Balaban J connectivity index is 1.74. The van der Waals surface area contributed by atoms with E-state index in [1.54, 1.807) is 13.8 Å². The fraction of sp³-hybridized carbons (Fsp3) is 0.929. The number of piperidine rings is 1. The van der Waals surface area contributed by atoms with Crippen LogP contribution in [-0.2, 0) is 9.53 Å². The highest BCUT2D eigenvalue weighted by Gasteiger charge is 2.31. The predicted octanol–water partition coefficient (Wildman–Crippen LogP) is 0.295. The lowest BCUT2D eigenvalue weighted by Crippen LogP contribution is -2.53. The molecule has 2 aliphatic heterocycles. The van der Waals surface area contributed by atoms with E-state index in [4.69, 9.17) is 10.5 Å². The van der Waals surface area contributed by atoms with Crippen LogP contribution in [0.25, 0.3) is 0 Å². The molecule has 0 aliphatic carbocycles. The van der Waals surface area contributed by atoms with Crippen molar-refractivity contribution in [3.63, 3.8) is 0 Å². The minimum Gasteiger partial charge on any atom is -0.379 e. The number of likely N-dealkylation sites (tertiary alicyclic amines) is 1. The summed E-state index contributed by atoms with van der Waals surface area (Å²) in [6.07, 6.45) is 2.19. The summed E-state index contributed by atoms with van der Waals surface area (Å²) in [4.78, 5) is 16.5. The number of hydrogen-bond donors (Lipinski definition) is 1. The zero-order valence-corrected chi connectivity index (χ0v) is 12.2. The van der Waals surface area contributed by atoms with Crippen LogP contribution in [0.3, 0.4) is 0 Å². The van der Waals surface area contributed by atoms with Crippen LogP contribution in [0.2, 0.25) is 0 Å². The van der Waals surface area contributed by atoms with Crippen LogP contribution in [0.5, 0.6) is 0 Å². The molecule has 2 heterocycles. The van der Waals surface area contributed by atoms with Gasteiger partial charge < -0.3 is 15.4 Å². The standard InChI is InChI=1S/C14H27N3O2/c1-14(2,15)13(18)17-5-3-12(4-6-17)11-16-7-9-19-10-8-16/h12H,3-11,15H2,1-2H3. The van der Waals surface area contributed by atoms with Gasteiger partial charge in [-0.1, -0.05) is 0 Å². The van der Waals surface area contributed by atoms with E-state index in [1.165, 1.54) is 0 Å². The Hall–Kier alpha value is -0.650. The molecular weight excluding hydrogens is 242 g/mol. The number of rotatable bonds is 3. The van der Waals surface area contributed by atoms with Crippen molar-refractivity contribution < 1.29 is 9.53 Å². The maximum atomic E-state index is 12.1. The molecular formula is C14H27N3O2. The predicted molar refractivity (Wildman–Crippen MR) is 74.8 cm³/mol. The third-order valence-electron chi connectivity index (χ3n) is 4.07. The van der Waals surface area contributed by atoms with E-state index < -0.39 is 5.54 Å². The quantitative estimate of drug-likeness (QED) is 0.800. The topological polar surface area (TPSA) is 58.8 Å². The molecule has 0 spiro atoms. The SMILES string of the molecule is CC(C)(N)C(=O)N1CCC(CN2CCOCC2)CC1. The second-order valence-corrected chi connectivity index (χ2v) is 6.37. The van der Waals surface area contributed by atoms with Crippen LogP contribution >= 0.6 is 0 Å². The van der Waals surface area contributed by atoms with Crippen molar-refractivity contribution >= 4 is 5.91 Å². The fourth-order valence-corrected chi connectivity index (χ4v) is 2.88. The second kappa shape index (κ2) is 6.20. The average molecular weight is 269 g/mol. The van der Waals surface area contributed by atoms with Crippen molar-refractivity contribution in [1.82, 2.24) is 9.80 Å². The molecule has 0 radical (unpaired) electrons. The summed E-state index contributed by atoms with van der Waals surface area (Å²) in [6.45, 7) is 10.3. The number of hydrogen-bond acceptors (Lipinski definition) is 4. The van der Waals surface area contributed by atoms with Crippen molar-refractivity contribution in [3.8, 4) is 0 Å². The van der Waals surface area contributed by atoms with Gasteiger partial charge in [-0.2, -0.15) is 0 Å². The first-order valence-electron chi connectivity index (χ1n) is 7.35. The number of ether oxygens (including phenoxy) is 1. The highest BCUT2D eigenvalue weighted by Crippen LogP contribution is 2.20. The van der Waals surface area contributed by atoms with Crippen molar-refractivity contribution in [1.29, 1.82) is 0 Å². The van der Waals surface area contributed by atoms with E-state index in [2.05, 4.69) is 4.90 Å². The number of nitrogens with two attached hydrogens (primary N) is 1. The molecule has 2 saturated heterocycles. The van der Waals surface area contributed by atoms with E-state index in [-0.39, 0.29) is 5.91 Å². The summed E-state index contributed by atoms with van der Waals surface area (Å²) in [6, 6.07) is 0. The molecule has 0 aromatic carbocycles. The first-order chi connectivity index (χ1) is 8.97. The van der Waals surface area contributed by atoms with Gasteiger partial charge in [-0.3, -0.25) is 9.69 Å². The molecule has 0 unspecified atom stereocenters. The molecule has 2 fully saturated rings. The largest absolute Gasteiger partial charge is 0.379 e. The summed E-state index contributed by atoms with van der Waals surface area (Å²) in [7, 11) is 0. The van der Waals surface area contributed by atoms with Gasteiger partial charge in [-0.05, 0) is 32.6 Å². The molecule has 0 saturated carbocycles. The second-order valence-electron chi connectivity index (χ2n) is 6.37. The summed E-state index contributed by atoms with van der Waals surface area (Å²) in [5, 5.41) is 0. The van der Waals surface area contributed by atoms with Gasteiger partial charge in [0, 0.05) is 32.7 Å². The van der Waals surface area contributed by atoms with Crippen LogP contribution in [0.1, 0.15) is 26.7 Å². The Morgan fingerprint density at radius 1 is 1.21 bits per heavy atom. The zero-order valence-electron chi connectivity index (χ0n) is 12.2. The van der Waals surface area contributed by atoms with Gasteiger partial charge in [-0.25, -0.2) is 0 Å². The number of morpholine rings is 1. The number of amides is 1. The maximum Gasteiger partial charge on any atom is 0.242 e. The molecule has 1 amide bonds. The summed E-state index contributed by atoms with van der Waals surface area (Å²) < 4.78 is 5.37. The van der Waals surface area contributed by atoms with Gasteiger partial charge in [0.05, 0.1) is 18.8 Å². The molecule has 5 heteroatoms. The lowest BCUT2D eigenvalue weighted by atomic mass is 9.94. The van der Waals surface area contributed by atoms with Crippen LogP contribution in [0.15, 0.2) is 0 Å². The van der Waals surface area contributed by atoms with Gasteiger partial charge in [0.15, 0.2) is 0 Å². The Labute approximate surface area is 116 Å². The Bertz CT molecular complexity index is 300. The summed E-state index contributed by atoms with van der Waals surface area (Å²) in [5.41, 5.74) is 5.14. The number of carbonyl (C=O) groups is 1. The van der Waals surface area contributed by atoms with Crippen molar-refractivity contribution in [2.75, 3.05) is 45.9 Å². The molecule has 0 atom stereocenters. The minimum atomic E-state index is -0.739. The molecule has 2 rings (SSSR count). The fourth-order valence-electron chi connectivity index (χ4n) is 2.88. The lowest BCUT2D eigenvalue weighted by molar-refractivity contribution is -0.137. The van der Waals surface area contributed by atoms with Gasteiger partial charge in [-0.15, -0.1) is 0 Å². The zero-order chi connectivity index (χ0) is 13.9. The van der Waals surface area contributed by atoms with E-state index in [0.29, 0.717) is 5.92 Å². The Morgan fingerprint density at radius 3 is 2.32 bits per heavy atom. The van der Waals surface area contributed by atoms with E-state index in [9.17, 15) is 4.79 Å². The van der Waals surface area contributed by atoms with Crippen molar-refractivity contribution in [3.05, 3.63) is 0 Å². The minimum absolute atomic E-state index is 0.0809. The molecule has 2 N–H and O–H groups in total. The van der Waals surface area contributed by atoms with Crippen LogP contribution in [0.4, 0.5) is 0 Å². The smallest absolute Gasteiger partial charge is 0.242 e. The van der Waals surface area contributed by atoms with Gasteiger partial charge in [0.2, 0.25) is 5.91 Å². The van der Waals surface area contributed by atoms with Crippen LogP contribution < -0.4 is 5.73 Å². The van der Waals surface area contributed by atoms with Gasteiger partial charge >= 0.3 is 0 Å². The van der Waals surface area contributed by atoms with Crippen LogP contribution in [-0.4, -0.2) is 67.2 Å². The molecule has 19 heavy (non-hydrogen) atoms. The van der Waals surface area contributed by atoms with E-state index in [1.807, 2.05) is 4.90 Å². The normalized spacial score (nSPS) is 23.6. The van der Waals surface area contributed by atoms with Crippen molar-refractivity contribution in [2.24, 2.45) is 11.7 Å². The highest BCUT2D eigenvalue weighted by molar-refractivity contribution is 5.85. The summed E-state index contributed by atoms with van der Waals surface area (Å²) >= 11 is 0. The highest BCUT2D eigenvalue weighted by atomic mass is 16.5. The Morgan fingerprint density at radius 2 is 1.79 bits per heavy atom. The molecule has 0 aromatic heterocycles. The third kappa shape index (κ3) is 4.16. The van der Waals surface area contributed by atoms with Gasteiger partial charge in [0.25, 0.3) is 0 Å². The lowest BCUT2D eigenvalue weighted by Gasteiger charge is -2.38. The molecule has 110 valence electrons. The number of nitrogens with zero attached hydrogens (tertiary/aromatic N) is 2. The Kier molecular flexibility index (Phi) is 4.81. The first-order valence-corrected chi connectivity index (χ1v) is 7.35. The molecule has 0 aromatic rings. The molecule has 2 aliphatic rings. The number of carbonyl (C=O) groups excluding carboxylic acids is 1. The van der Waals surface area contributed by atoms with E-state index >= 15 is 0 Å². The first kappa shape index (κ1) is 14.8. The van der Waals surface area contributed by atoms with Gasteiger partial charge in [0.1, 0.15) is 0 Å². The maximum absolute atomic E-state index is 12.1. The summed E-state index contributed by atoms with van der Waals surface area (Å²) in [5.74, 6) is 0.792.